The van der Waals surface area contributed by atoms with Gasteiger partial charge in [0.05, 0.1) is 18.4 Å². The van der Waals surface area contributed by atoms with Gasteiger partial charge >= 0.3 is 0 Å². The minimum absolute atomic E-state index is 0.0148. The summed E-state index contributed by atoms with van der Waals surface area (Å²) in [5, 5.41) is 6.31. The summed E-state index contributed by atoms with van der Waals surface area (Å²) in [5.41, 5.74) is 7.42. The van der Waals surface area contributed by atoms with Crippen molar-refractivity contribution in [1.29, 1.82) is 0 Å². The molecule has 2 atom stereocenters. The van der Waals surface area contributed by atoms with E-state index in [4.69, 9.17) is 0 Å². The third-order valence-electron chi connectivity index (χ3n) is 8.10. The smallest absolute Gasteiger partial charge is 0.271 e. The Morgan fingerprint density at radius 3 is 2.62 bits per heavy atom. The van der Waals surface area contributed by atoms with E-state index in [0.29, 0.717) is 23.4 Å². The Kier molecular flexibility index (Phi) is 4.70. The quantitative estimate of drug-likeness (QED) is 0.401. The molecule has 1 N–H and O–H groups in total. The summed E-state index contributed by atoms with van der Waals surface area (Å²) in [6.07, 6.45) is 6.39. The highest BCUT2D eigenvalue weighted by Gasteiger charge is 2.50. The molecular weight excluding hydrogens is 422 g/mol. The van der Waals surface area contributed by atoms with Gasteiger partial charge in [0.1, 0.15) is 0 Å². The van der Waals surface area contributed by atoms with Crippen LogP contribution in [0.1, 0.15) is 53.0 Å². The van der Waals surface area contributed by atoms with E-state index < -0.39 is 0 Å². The van der Waals surface area contributed by atoms with Gasteiger partial charge in [-0.25, -0.2) is 5.43 Å². The summed E-state index contributed by atoms with van der Waals surface area (Å²) in [4.78, 5) is 27.4. The second-order valence-electron chi connectivity index (χ2n) is 10.2. The fourth-order valence-corrected chi connectivity index (χ4v) is 5.86. The molecule has 1 heterocycles. The summed E-state index contributed by atoms with van der Waals surface area (Å²) in [6.45, 7) is 5.10. The molecule has 5 nitrogen and oxygen atoms in total. The molecule has 170 valence electrons. The number of allylic oxidation sites excluding steroid dienone is 2. The molecule has 7 rings (SSSR count). The lowest BCUT2D eigenvalue weighted by atomic mass is 9.49. The molecule has 3 aromatic rings. The Labute approximate surface area is 199 Å². The van der Waals surface area contributed by atoms with E-state index in [2.05, 4.69) is 30.5 Å². The molecule has 2 unspecified atom stereocenters. The number of nitrogens with one attached hydrogen (secondary N) is 1. The molecule has 1 fully saturated rings. The van der Waals surface area contributed by atoms with E-state index in [9.17, 15) is 9.59 Å². The standard InChI is InChI=1S/C29H27N3O2/c1-29(2)22-14-13-21(24(29)15-22)16-30-31-27(33)20-11-9-18(10-12-20)17-32-25-8-4-6-19-5-3-7-23(26(19)25)28(32)34/h3-13,16,22,24H,14-15,17H2,1-2H3,(H,31,33)/b30-16+. The minimum Gasteiger partial charge on any atom is -0.303 e. The lowest BCUT2D eigenvalue weighted by molar-refractivity contribution is -0.00126. The molecule has 3 aliphatic carbocycles. The van der Waals surface area contributed by atoms with Crippen LogP contribution in [0.25, 0.3) is 10.8 Å². The molecule has 0 spiro atoms. The van der Waals surface area contributed by atoms with Gasteiger partial charge < -0.3 is 4.90 Å². The zero-order chi connectivity index (χ0) is 23.4. The number of benzene rings is 3. The van der Waals surface area contributed by atoms with Crippen LogP contribution in [0.5, 0.6) is 0 Å². The van der Waals surface area contributed by atoms with Crippen LogP contribution in [-0.4, -0.2) is 18.0 Å². The van der Waals surface area contributed by atoms with E-state index >= 15 is 0 Å². The van der Waals surface area contributed by atoms with Crippen molar-refractivity contribution in [2.75, 3.05) is 4.90 Å². The van der Waals surface area contributed by atoms with Crippen molar-refractivity contribution < 1.29 is 9.59 Å². The third kappa shape index (κ3) is 3.18. The van der Waals surface area contributed by atoms with Crippen LogP contribution >= 0.6 is 0 Å². The number of fused-ring (bicyclic) bond motifs is 1. The number of nitrogens with zero attached hydrogens (tertiary/aromatic N) is 2. The fourth-order valence-electron chi connectivity index (χ4n) is 5.86. The molecule has 0 aromatic heterocycles. The van der Waals surface area contributed by atoms with Gasteiger partial charge in [0, 0.05) is 16.5 Å². The molecule has 4 aliphatic rings. The van der Waals surface area contributed by atoms with Crippen LogP contribution in [0.4, 0.5) is 5.69 Å². The van der Waals surface area contributed by atoms with Crippen molar-refractivity contribution in [3.8, 4) is 0 Å². The Bertz CT molecular complexity index is 1380. The van der Waals surface area contributed by atoms with Crippen LogP contribution in [-0.2, 0) is 6.54 Å². The van der Waals surface area contributed by atoms with Crippen molar-refractivity contribution in [2.45, 2.75) is 33.2 Å². The van der Waals surface area contributed by atoms with Gasteiger partial charge in [-0.3, -0.25) is 9.59 Å². The van der Waals surface area contributed by atoms with Crippen LogP contribution in [0.15, 0.2) is 77.4 Å². The van der Waals surface area contributed by atoms with Crippen molar-refractivity contribution in [2.24, 2.45) is 22.4 Å². The van der Waals surface area contributed by atoms with Gasteiger partial charge in [-0.1, -0.05) is 56.3 Å². The summed E-state index contributed by atoms with van der Waals surface area (Å²) < 4.78 is 0. The highest BCUT2D eigenvalue weighted by Crippen LogP contribution is 2.58. The van der Waals surface area contributed by atoms with Gasteiger partial charge in [0.25, 0.3) is 11.8 Å². The molecular formula is C29H27N3O2. The maximum atomic E-state index is 13.0. The maximum absolute atomic E-state index is 13.0. The first-order valence-corrected chi connectivity index (χ1v) is 11.9. The summed E-state index contributed by atoms with van der Waals surface area (Å²) in [7, 11) is 0. The van der Waals surface area contributed by atoms with E-state index in [0.717, 1.165) is 39.9 Å². The number of anilines is 1. The maximum Gasteiger partial charge on any atom is 0.271 e. The number of hydrogen-bond acceptors (Lipinski definition) is 3. The largest absolute Gasteiger partial charge is 0.303 e. The second-order valence-corrected chi connectivity index (χ2v) is 10.2. The highest BCUT2D eigenvalue weighted by atomic mass is 16.2. The van der Waals surface area contributed by atoms with Crippen LogP contribution in [0.3, 0.4) is 0 Å². The van der Waals surface area contributed by atoms with Crippen molar-refractivity contribution in [3.05, 3.63) is 89.0 Å². The molecule has 1 aliphatic heterocycles. The third-order valence-corrected chi connectivity index (χ3v) is 8.10. The molecule has 0 radical (unpaired) electrons. The zero-order valence-corrected chi connectivity index (χ0v) is 19.4. The lowest BCUT2D eigenvalue weighted by Crippen LogP contribution is -2.48. The summed E-state index contributed by atoms with van der Waals surface area (Å²) >= 11 is 0. The van der Waals surface area contributed by atoms with Crippen LogP contribution in [0, 0.1) is 17.3 Å². The number of hydrogen-bond donors (Lipinski definition) is 1. The molecule has 5 heteroatoms. The normalized spacial score (nSPS) is 22.1. The minimum atomic E-state index is -0.237. The molecule has 1 saturated carbocycles. The average Bonchev–Trinajstić information content (AvgIpc) is 3.12. The molecule has 2 bridgehead atoms. The molecule has 34 heavy (non-hydrogen) atoms. The van der Waals surface area contributed by atoms with Crippen LogP contribution < -0.4 is 10.3 Å². The van der Waals surface area contributed by atoms with E-state index in [1.165, 1.54) is 12.0 Å². The first-order valence-electron chi connectivity index (χ1n) is 11.9. The number of hydrazone groups is 1. The first-order chi connectivity index (χ1) is 16.4. The van der Waals surface area contributed by atoms with Gasteiger partial charge in [0.2, 0.25) is 0 Å². The molecule has 2 amide bonds. The topological polar surface area (TPSA) is 61.8 Å². The Morgan fingerprint density at radius 1 is 1.12 bits per heavy atom. The average molecular weight is 450 g/mol. The number of amides is 2. The van der Waals surface area contributed by atoms with Crippen molar-refractivity contribution >= 4 is 34.5 Å². The number of carbonyl (C=O) groups is 2. The van der Waals surface area contributed by atoms with Gasteiger partial charge in [-0.2, -0.15) is 5.10 Å². The van der Waals surface area contributed by atoms with E-state index in [-0.39, 0.29) is 11.8 Å². The lowest BCUT2D eigenvalue weighted by Gasteiger charge is -2.55. The van der Waals surface area contributed by atoms with Gasteiger partial charge in [0.15, 0.2) is 0 Å². The first kappa shape index (κ1) is 20.8. The highest BCUT2D eigenvalue weighted by molar-refractivity contribution is 6.24. The summed E-state index contributed by atoms with van der Waals surface area (Å²) in [5.74, 6) is 1.09. The number of rotatable bonds is 5. The molecule has 0 saturated heterocycles. The fraction of sp³-hybridized carbons (Fsp3) is 0.276. The monoisotopic (exact) mass is 449 g/mol. The SMILES string of the molecule is CC1(C)C2CC=C(/C=N/NC(=O)c3ccc(CN4C(=O)c5cccc6cccc4c56)cc3)C1C2. The molecule has 3 aromatic carbocycles. The van der Waals surface area contributed by atoms with E-state index in [1.54, 1.807) is 17.0 Å². The zero-order valence-electron chi connectivity index (χ0n) is 19.4. The predicted molar refractivity (Wildman–Crippen MR) is 135 cm³/mol. The Balaban J connectivity index is 1.12. The predicted octanol–water partition coefficient (Wildman–Crippen LogP) is 5.71. The van der Waals surface area contributed by atoms with Crippen molar-refractivity contribution in [1.82, 2.24) is 5.43 Å². The Morgan fingerprint density at radius 2 is 1.88 bits per heavy atom. The summed E-state index contributed by atoms with van der Waals surface area (Å²) in [6, 6.07) is 19.2. The Hall–Kier alpha value is -3.73. The van der Waals surface area contributed by atoms with E-state index in [1.807, 2.05) is 54.7 Å². The van der Waals surface area contributed by atoms with Crippen molar-refractivity contribution in [3.63, 3.8) is 0 Å². The van der Waals surface area contributed by atoms with Gasteiger partial charge in [-0.05, 0) is 70.9 Å². The number of carbonyl (C=O) groups excluding carboxylic acids is 2. The van der Waals surface area contributed by atoms with Gasteiger partial charge in [-0.15, -0.1) is 0 Å². The van der Waals surface area contributed by atoms with Crippen LogP contribution in [0.2, 0.25) is 0 Å². The second kappa shape index (κ2) is 7.66.